The number of carbonyl (C=O) groups excluding carboxylic acids is 1. The number of halogens is 2. The lowest BCUT2D eigenvalue weighted by Crippen LogP contribution is -2.32. The largest absolute Gasteiger partial charge is 0.488 e. The molecule has 0 radical (unpaired) electrons. The first kappa shape index (κ1) is 22.3. The monoisotopic (exact) mass is 405 g/mol. The van der Waals surface area contributed by atoms with Gasteiger partial charge in [0.05, 0.1) is 11.7 Å². The van der Waals surface area contributed by atoms with Gasteiger partial charge in [-0.15, -0.1) is 0 Å². The highest BCUT2D eigenvalue weighted by Gasteiger charge is 2.29. The Balaban J connectivity index is 2.22. The van der Waals surface area contributed by atoms with E-state index in [1.54, 1.807) is 45.0 Å². The van der Waals surface area contributed by atoms with E-state index in [-0.39, 0.29) is 30.8 Å². The van der Waals surface area contributed by atoms with Crippen LogP contribution in [0.4, 0.5) is 8.78 Å². The molecular formula is C21H25F2N3O3. The van der Waals surface area contributed by atoms with Gasteiger partial charge in [-0.05, 0) is 38.5 Å². The molecule has 0 fully saturated rings. The van der Waals surface area contributed by atoms with Gasteiger partial charge in [0.15, 0.2) is 17.7 Å². The maximum atomic E-state index is 14.9. The number of hydrogen-bond donors (Lipinski definition) is 3. The number of nitrogens with one attached hydrogen (secondary N) is 2. The van der Waals surface area contributed by atoms with E-state index in [2.05, 4.69) is 5.32 Å². The van der Waals surface area contributed by atoms with Gasteiger partial charge in [0.25, 0.3) is 5.91 Å². The van der Waals surface area contributed by atoms with Crippen LogP contribution in [0.2, 0.25) is 0 Å². The molecule has 0 bridgehead atoms. The summed E-state index contributed by atoms with van der Waals surface area (Å²) in [6.45, 7) is 5.26. The molecule has 156 valence electrons. The lowest BCUT2D eigenvalue weighted by Gasteiger charge is -2.20. The number of nitrogen functional groups attached to an aromatic ring is 1. The van der Waals surface area contributed by atoms with E-state index in [0.717, 1.165) is 11.6 Å². The Kier molecular flexibility index (Phi) is 7.67. The van der Waals surface area contributed by atoms with Crippen LogP contribution in [0, 0.1) is 17.0 Å². The average Bonchev–Trinajstić information content (AvgIpc) is 2.67. The van der Waals surface area contributed by atoms with Gasteiger partial charge in [0, 0.05) is 18.7 Å². The highest BCUT2D eigenvalue weighted by Crippen LogP contribution is 2.31. The highest BCUT2D eigenvalue weighted by atomic mass is 19.1. The standard InChI is InChI=1S/C21H25F2N3O3/c1-4-28-19(17-15(22)9-10-16(18(17)23)29-12(2)3)21(27)26-11-13-5-7-14(8-6-13)20(24)25/h5-10,12,19H,4,11H2,1-3H3,(H3,24,25)(H,26,27). The van der Waals surface area contributed by atoms with Crippen LogP contribution in [0.15, 0.2) is 36.4 Å². The lowest BCUT2D eigenvalue weighted by molar-refractivity contribution is -0.133. The fraction of sp³-hybridized carbons (Fsp3) is 0.333. The number of carbonyl (C=O) groups is 1. The summed E-state index contributed by atoms with van der Waals surface area (Å²) in [5, 5.41) is 10.0. The fourth-order valence-corrected chi connectivity index (χ4v) is 2.68. The number of hydrogen-bond acceptors (Lipinski definition) is 4. The summed E-state index contributed by atoms with van der Waals surface area (Å²) < 4.78 is 40.0. The van der Waals surface area contributed by atoms with Crippen molar-refractivity contribution in [2.45, 2.75) is 39.5 Å². The molecule has 1 atom stereocenters. The quantitative estimate of drug-likeness (QED) is 0.440. The molecule has 0 aromatic heterocycles. The second kappa shape index (κ2) is 9.97. The topological polar surface area (TPSA) is 97.4 Å². The second-order valence-electron chi connectivity index (χ2n) is 6.60. The zero-order valence-corrected chi connectivity index (χ0v) is 16.6. The molecule has 0 saturated carbocycles. The fourth-order valence-electron chi connectivity index (χ4n) is 2.68. The minimum Gasteiger partial charge on any atom is -0.488 e. The Labute approximate surface area is 168 Å². The molecular weight excluding hydrogens is 380 g/mol. The molecule has 0 spiro atoms. The van der Waals surface area contributed by atoms with Crippen molar-refractivity contribution in [2.24, 2.45) is 5.73 Å². The number of nitrogens with two attached hydrogens (primary N) is 1. The van der Waals surface area contributed by atoms with Crippen LogP contribution in [0.3, 0.4) is 0 Å². The van der Waals surface area contributed by atoms with Crippen molar-refractivity contribution in [2.75, 3.05) is 6.61 Å². The SMILES string of the molecule is CCOC(C(=O)NCc1ccc(C(=N)N)cc1)c1c(F)ccc(OC(C)C)c1F. The Morgan fingerprint density at radius 3 is 2.38 bits per heavy atom. The zero-order chi connectivity index (χ0) is 21.6. The first-order chi connectivity index (χ1) is 13.7. The molecule has 0 saturated heterocycles. The van der Waals surface area contributed by atoms with Crippen LogP contribution in [0.5, 0.6) is 5.75 Å². The van der Waals surface area contributed by atoms with Crippen LogP contribution in [-0.2, 0) is 16.1 Å². The van der Waals surface area contributed by atoms with Crippen molar-refractivity contribution < 1.29 is 23.0 Å². The van der Waals surface area contributed by atoms with Gasteiger partial charge in [-0.2, -0.15) is 0 Å². The van der Waals surface area contributed by atoms with E-state index in [0.29, 0.717) is 5.56 Å². The molecule has 1 amide bonds. The van der Waals surface area contributed by atoms with Crippen LogP contribution in [0.1, 0.15) is 43.6 Å². The van der Waals surface area contributed by atoms with Gasteiger partial charge in [-0.25, -0.2) is 8.78 Å². The van der Waals surface area contributed by atoms with E-state index in [4.69, 9.17) is 20.6 Å². The summed E-state index contributed by atoms with van der Waals surface area (Å²) in [6.07, 6.45) is -1.78. The number of amidine groups is 1. The number of rotatable bonds is 9. The van der Waals surface area contributed by atoms with Gasteiger partial charge in [-0.1, -0.05) is 24.3 Å². The molecule has 2 aromatic rings. The van der Waals surface area contributed by atoms with Gasteiger partial charge in [0.1, 0.15) is 11.7 Å². The predicted molar refractivity (Wildman–Crippen MR) is 106 cm³/mol. The minimum absolute atomic E-state index is 0.0635. The first-order valence-corrected chi connectivity index (χ1v) is 9.21. The summed E-state index contributed by atoms with van der Waals surface area (Å²) >= 11 is 0. The predicted octanol–water partition coefficient (Wildman–Crippen LogP) is 3.43. The van der Waals surface area contributed by atoms with E-state index in [1.165, 1.54) is 6.07 Å². The molecule has 0 heterocycles. The average molecular weight is 405 g/mol. The van der Waals surface area contributed by atoms with Crippen LogP contribution in [-0.4, -0.2) is 24.5 Å². The van der Waals surface area contributed by atoms with Crippen molar-refractivity contribution in [1.82, 2.24) is 5.32 Å². The Morgan fingerprint density at radius 1 is 1.17 bits per heavy atom. The summed E-state index contributed by atoms with van der Waals surface area (Å²) in [4.78, 5) is 12.7. The van der Waals surface area contributed by atoms with Crippen molar-refractivity contribution in [3.63, 3.8) is 0 Å². The van der Waals surface area contributed by atoms with Crippen molar-refractivity contribution in [1.29, 1.82) is 5.41 Å². The third kappa shape index (κ3) is 5.74. The molecule has 8 heteroatoms. The number of benzene rings is 2. The summed E-state index contributed by atoms with van der Waals surface area (Å²) in [5.41, 5.74) is 6.21. The molecule has 2 rings (SSSR count). The molecule has 1 unspecified atom stereocenters. The third-order valence-corrected chi connectivity index (χ3v) is 4.02. The van der Waals surface area contributed by atoms with Crippen LogP contribution in [0.25, 0.3) is 0 Å². The van der Waals surface area contributed by atoms with E-state index in [9.17, 15) is 13.6 Å². The van der Waals surface area contributed by atoms with Crippen molar-refractivity contribution in [3.05, 3.63) is 64.7 Å². The number of ether oxygens (including phenoxy) is 2. The molecule has 0 aliphatic rings. The maximum absolute atomic E-state index is 14.9. The van der Waals surface area contributed by atoms with Crippen molar-refractivity contribution in [3.8, 4) is 5.75 Å². The lowest BCUT2D eigenvalue weighted by atomic mass is 10.1. The van der Waals surface area contributed by atoms with Crippen LogP contribution >= 0.6 is 0 Å². The first-order valence-electron chi connectivity index (χ1n) is 9.21. The van der Waals surface area contributed by atoms with E-state index >= 15 is 0 Å². The second-order valence-corrected chi connectivity index (χ2v) is 6.60. The highest BCUT2D eigenvalue weighted by molar-refractivity contribution is 5.94. The van der Waals surface area contributed by atoms with Gasteiger partial charge < -0.3 is 20.5 Å². The molecule has 29 heavy (non-hydrogen) atoms. The molecule has 0 aliphatic carbocycles. The minimum atomic E-state index is -1.47. The summed E-state index contributed by atoms with van der Waals surface area (Å²) in [6, 6.07) is 8.93. The third-order valence-electron chi connectivity index (χ3n) is 4.02. The van der Waals surface area contributed by atoms with E-state index < -0.39 is 29.2 Å². The molecule has 6 nitrogen and oxygen atoms in total. The van der Waals surface area contributed by atoms with E-state index in [1.807, 2.05) is 0 Å². The van der Waals surface area contributed by atoms with Crippen LogP contribution < -0.4 is 15.8 Å². The smallest absolute Gasteiger partial charge is 0.254 e. The maximum Gasteiger partial charge on any atom is 0.254 e. The number of amides is 1. The Hall–Kier alpha value is -3.00. The van der Waals surface area contributed by atoms with Gasteiger partial charge in [-0.3, -0.25) is 10.2 Å². The normalized spacial score (nSPS) is 11.9. The van der Waals surface area contributed by atoms with Crippen molar-refractivity contribution >= 4 is 11.7 Å². The summed E-state index contributed by atoms with van der Waals surface area (Å²) in [7, 11) is 0. The molecule has 4 N–H and O–H groups in total. The molecule has 0 aliphatic heterocycles. The van der Waals surface area contributed by atoms with Gasteiger partial charge in [0.2, 0.25) is 0 Å². The zero-order valence-electron chi connectivity index (χ0n) is 16.6. The van der Waals surface area contributed by atoms with Gasteiger partial charge >= 0.3 is 0 Å². The Bertz CT molecular complexity index is 870. The molecule has 2 aromatic carbocycles. The summed E-state index contributed by atoms with van der Waals surface area (Å²) in [5.74, 6) is -2.74. The Morgan fingerprint density at radius 2 is 1.83 bits per heavy atom.